The van der Waals surface area contributed by atoms with Gasteiger partial charge in [-0.05, 0) is 129 Å². The normalized spacial score (nSPS) is 13.4. The van der Waals surface area contributed by atoms with E-state index in [4.69, 9.17) is 19.4 Å². The molecule has 0 amide bonds. The molecule has 0 saturated carbocycles. The lowest BCUT2D eigenvalue weighted by molar-refractivity contribution is 0.669. The van der Waals surface area contributed by atoms with Gasteiger partial charge in [-0.2, -0.15) is 0 Å². The number of rotatable bonds is 7. The first-order valence-corrected chi connectivity index (χ1v) is 25.1. The van der Waals surface area contributed by atoms with E-state index >= 15 is 0 Å². The van der Waals surface area contributed by atoms with Gasteiger partial charge in [-0.1, -0.05) is 176 Å². The summed E-state index contributed by atoms with van der Waals surface area (Å²) in [6.07, 6.45) is 2.04. The zero-order valence-electron chi connectivity index (χ0n) is 38.6. The summed E-state index contributed by atoms with van der Waals surface area (Å²) in [5, 5.41) is 4.80. The van der Waals surface area contributed by atoms with Crippen molar-refractivity contribution in [1.29, 1.82) is 0 Å². The Kier molecular flexibility index (Phi) is 9.88. The third-order valence-electron chi connectivity index (χ3n) is 14.4. The number of aryl methyl sites for hydroxylation is 1. The van der Waals surface area contributed by atoms with Crippen molar-refractivity contribution in [3.63, 3.8) is 0 Å². The lowest BCUT2D eigenvalue weighted by Crippen LogP contribution is -2.02. The van der Waals surface area contributed by atoms with Crippen molar-refractivity contribution in [2.24, 2.45) is 0 Å². The number of hydrogen-bond donors (Lipinski definition) is 0. The average molecular weight is 926 g/mol. The van der Waals surface area contributed by atoms with Gasteiger partial charge in [0, 0.05) is 53.6 Å². The Hall–Kier alpha value is -8.77. The van der Waals surface area contributed by atoms with E-state index in [1.165, 1.54) is 64.7 Å². The van der Waals surface area contributed by atoms with Crippen molar-refractivity contribution in [2.45, 2.75) is 18.8 Å². The molecule has 0 radical (unpaired) electrons. The van der Waals surface area contributed by atoms with Crippen molar-refractivity contribution in [3.05, 3.63) is 247 Å². The van der Waals surface area contributed by atoms with E-state index in [0.717, 1.165) is 68.2 Å². The number of thiophene rings is 1. The Morgan fingerprint density at radius 1 is 0.366 bits per heavy atom. The van der Waals surface area contributed by atoms with Gasteiger partial charge in [0.05, 0.1) is 0 Å². The van der Waals surface area contributed by atoms with Gasteiger partial charge in [-0.3, -0.25) is 0 Å². The summed E-state index contributed by atoms with van der Waals surface area (Å²) in [6.45, 7) is 0. The van der Waals surface area contributed by atoms with Gasteiger partial charge >= 0.3 is 0 Å². The summed E-state index contributed by atoms with van der Waals surface area (Å²) in [6, 6.07) is 83.0. The molecule has 334 valence electrons. The molecule has 3 heterocycles. The second kappa shape index (κ2) is 17.0. The molecular formula is C66H43N3OS. The van der Waals surface area contributed by atoms with Crippen molar-refractivity contribution < 1.29 is 4.42 Å². The Bertz CT molecular complexity index is 4120. The molecule has 1 atom stereocenters. The van der Waals surface area contributed by atoms with Gasteiger partial charge in [0.1, 0.15) is 11.2 Å². The van der Waals surface area contributed by atoms with Crippen LogP contribution in [0.1, 0.15) is 29.0 Å². The Morgan fingerprint density at radius 3 is 1.72 bits per heavy atom. The molecule has 0 saturated heterocycles. The minimum absolute atomic E-state index is 0.274. The lowest BCUT2D eigenvalue weighted by Gasteiger charge is -2.20. The van der Waals surface area contributed by atoms with E-state index in [2.05, 4.69) is 170 Å². The van der Waals surface area contributed by atoms with Crippen LogP contribution in [0.5, 0.6) is 0 Å². The Balaban J connectivity index is 0.887. The van der Waals surface area contributed by atoms with Crippen molar-refractivity contribution in [3.8, 4) is 78.7 Å². The SMILES string of the molecule is c1ccc(-c2nc(-c3ccccc3)nc(-c3cccc(-c4cccc5oc6ccc(-c7ccc8c(c7)-c7cc(-c9ccc%10sc%11ccccc%11c%10c9)ccc7CCC8c7ccccc7)cc6c45)c3)n2)cc1. The third-order valence-corrected chi connectivity index (χ3v) is 15.6. The number of benzene rings is 10. The Labute approximate surface area is 415 Å². The van der Waals surface area contributed by atoms with Crippen LogP contribution in [-0.2, 0) is 6.42 Å². The monoisotopic (exact) mass is 925 g/mol. The molecule has 0 fully saturated rings. The summed E-state index contributed by atoms with van der Waals surface area (Å²) in [7, 11) is 0. The molecule has 3 aromatic heterocycles. The van der Waals surface area contributed by atoms with Gasteiger partial charge in [0.15, 0.2) is 17.5 Å². The molecule has 0 bridgehead atoms. The summed E-state index contributed by atoms with van der Waals surface area (Å²) >= 11 is 1.87. The van der Waals surface area contributed by atoms with E-state index in [9.17, 15) is 0 Å². The maximum absolute atomic E-state index is 6.63. The molecule has 0 aliphatic heterocycles. The van der Waals surface area contributed by atoms with Gasteiger partial charge < -0.3 is 4.42 Å². The van der Waals surface area contributed by atoms with Gasteiger partial charge in [-0.25, -0.2) is 15.0 Å². The van der Waals surface area contributed by atoms with Gasteiger partial charge in [0.2, 0.25) is 0 Å². The fraction of sp³-hybridized carbons (Fsp3) is 0.0455. The molecule has 0 N–H and O–H groups in total. The van der Waals surface area contributed by atoms with Crippen LogP contribution >= 0.6 is 11.3 Å². The second-order valence-corrected chi connectivity index (χ2v) is 19.7. The van der Waals surface area contributed by atoms with Crippen LogP contribution in [0.25, 0.3) is 121 Å². The fourth-order valence-electron chi connectivity index (χ4n) is 10.9. The second-order valence-electron chi connectivity index (χ2n) is 18.6. The molecule has 0 spiro atoms. The summed E-state index contributed by atoms with van der Waals surface area (Å²) in [5.41, 5.74) is 18.2. The predicted octanol–water partition coefficient (Wildman–Crippen LogP) is 17.9. The van der Waals surface area contributed by atoms with Crippen LogP contribution in [-0.4, -0.2) is 15.0 Å². The summed E-state index contributed by atoms with van der Waals surface area (Å²) < 4.78 is 9.28. The first-order valence-electron chi connectivity index (χ1n) is 24.3. The number of hydrogen-bond acceptors (Lipinski definition) is 5. The number of fused-ring (bicyclic) bond motifs is 9. The molecule has 1 aliphatic carbocycles. The third kappa shape index (κ3) is 7.33. The largest absolute Gasteiger partial charge is 0.456 e. The lowest BCUT2D eigenvalue weighted by atomic mass is 9.84. The molecule has 71 heavy (non-hydrogen) atoms. The first-order chi connectivity index (χ1) is 35.1. The number of nitrogens with zero attached hydrogens (tertiary/aromatic N) is 3. The molecule has 14 rings (SSSR count). The summed E-state index contributed by atoms with van der Waals surface area (Å²) in [5.74, 6) is 2.17. The first kappa shape index (κ1) is 41.2. The van der Waals surface area contributed by atoms with Gasteiger partial charge in [0.25, 0.3) is 0 Å². The van der Waals surface area contributed by atoms with E-state index in [1.54, 1.807) is 0 Å². The van der Waals surface area contributed by atoms with E-state index < -0.39 is 0 Å². The van der Waals surface area contributed by atoms with Crippen LogP contribution in [0.3, 0.4) is 0 Å². The Morgan fingerprint density at radius 2 is 0.944 bits per heavy atom. The molecule has 10 aromatic carbocycles. The standard InChI is InChI=1S/C66H43N3OS/c1-4-14-41(15-5-1)51-32-28-42-26-27-45(48-31-35-62-57(39-48)54-22-10-11-25-61(54)71-62)37-55(42)56-38-46(29-33-53(51)56)47-30-34-59-58(40-47)63-52(23-13-24-60(63)70-59)49-20-12-21-50(36-49)66-68-64(43-16-6-2-7-17-43)67-65(69-66)44-18-8-3-9-19-44/h1-27,29-31,33-40,51H,28,32H2. The van der Waals surface area contributed by atoms with Crippen molar-refractivity contribution in [2.75, 3.05) is 0 Å². The molecule has 1 unspecified atom stereocenters. The molecule has 13 aromatic rings. The topological polar surface area (TPSA) is 51.8 Å². The zero-order valence-corrected chi connectivity index (χ0v) is 39.4. The maximum atomic E-state index is 6.63. The van der Waals surface area contributed by atoms with Gasteiger partial charge in [-0.15, -0.1) is 11.3 Å². The minimum atomic E-state index is 0.274. The van der Waals surface area contributed by atoms with Crippen molar-refractivity contribution in [1.82, 2.24) is 15.0 Å². The highest BCUT2D eigenvalue weighted by atomic mass is 32.1. The van der Waals surface area contributed by atoms with Crippen LogP contribution in [0.15, 0.2) is 235 Å². The highest BCUT2D eigenvalue weighted by Crippen LogP contribution is 2.46. The highest BCUT2D eigenvalue weighted by Gasteiger charge is 2.25. The quantitative estimate of drug-likeness (QED) is 0.160. The summed E-state index contributed by atoms with van der Waals surface area (Å²) in [4.78, 5) is 15.0. The van der Waals surface area contributed by atoms with Crippen LogP contribution in [0.4, 0.5) is 0 Å². The number of aromatic nitrogens is 3. The molecule has 4 nitrogen and oxygen atoms in total. The van der Waals surface area contributed by atoms with Crippen LogP contribution < -0.4 is 0 Å². The zero-order chi connectivity index (χ0) is 46.8. The number of furan rings is 1. The predicted molar refractivity (Wildman–Crippen MR) is 295 cm³/mol. The van der Waals surface area contributed by atoms with Crippen LogP contribution in [0.2, 0.25) is 0 Å². The molecule has 1 aliphatic rings. The highest BCUT2D eigenvalue weighted by molar-refractivity contribution is 7.25. The minimum Gasteiger partial charge on any atom is -0.456 e. The van der Waals surface area contributed by atoms with E-state index in [0.29, 0.717) is 17.5 Å². The van der Waals surface area contributed by atoms with E-state index in [1.807, 2.05) is 72.0 Å². The fourth-order valence-corrected chi connectivity index (χ4v) is 12.0. The van der Waals surface area contributed by atoms with Crippen LogP contribution in [0, 0.1) is 0 Å². The van der Waals surface area contributed by atoms with E-state index in [-0.39, 0.29) is 5.92 Å². The molecular weight excluding hydrogens is 883 g/mol. The average Bonchev–Trinajstić information content (AvgIpc) is 3.97. The van der Waals surface area contributed by atoms with Crippen molar-refractivity contribution >= 4 is 53.4 Å². The smallest absolute Gasteiger partial charge is 0.164 e. The maximum Gasteiger partial charge on any atom is 0.164 e. The molecule has 5 heteroatoms.